The molecule has 33 heavy (non-hydrogen) atoms. The highest BCUT2D eigenvalue weighted by Crippen LogP contribution is 2.53. The first kappa shape index (κ1) is 20.1. The van der Waals surface area contributed by atoms with Crippen LogP contribution in [0.3, 0.4) is 0 Å². The summed E-state index contributed by atoms with van der Waals surface area (Å²) in [4.78, 5) is 17.5. The topological polar surface area (TPSA) is 66.6 Å². The number of likely N-dealkylation sites (tertiary alicyclic amines) is 1. The van der Waals surface area contributed by atoms with Gasteiger partial charge in [-0.15, -0.1) is 0 Å². The fraction of sp³-hybridized carbons (Fsp3) is 0.259. The summed E-state index contributed by atoms with van der Waals surface area (Å²) in [6.07, 6.45) is 3.95. The summed E-state index contributed by atoms with van der Waals surface area (Å²) in [6.45, 7) is 1.55. The van der Waals surface area contributed by atoms with Gasteiger partial charge in [0.1, 0.15) is 17.2 Å². The molecular weight excluding hydrogens is 419 g/mol. The minimum atomic E-state index is -0.770. The molecule has 2 aromatic heterocycles. The van der Waals surface area contributed by atoms with E-state index in [4.69, 9.17) is 9.52 Å². The molecule has 0 unspecified atom stereocenters. The van der Waals surface area contributed by atoms with E-state index in [1.807, 2.05) is 41.4 Å². The molecule has 1 saturated heterocycles. The molecule has 2 aromatic carbocycles. The summed E-state index contributed by atoms with van der Waals surface area (Å²) in [6, 6.07) is 19.3. The maximum atomic E-state index is 15.0. The van der Waals surface area contributed by atoms with E-state index < -0.39 is 5.97 Å². The number of pyridine rings is 1. The normalized spacial score (nSPS) is 17.7. The Kier molecular flexibility index (Phi) is 4.59. The smallest absolute Gasteiger partial charge is 0.309 e. The molecule has 3 heterocycles. The predicted octanol–water partition coefficient (Wildman–Crippen LogP) is 5.23. The molecule has 0 bridgehead atoms. The standard InChI is InChI=1S/C27H23FN2O3/c28-22-11-17(14-30-15-19(16-30)26(31)32)4-7-21(22)24-12-18-5-6-20(13-23(18)33-24)27(8-9-27)25-3-1-2-10-29-25/h1-7,10-13,19H,8-9,14-16H2,(H,31,32). The molecule has 0 spiro atoms. The summed E-state index contributed by atoms with van der Waals surface area (Å²) in [7, 11) is 0. The highest BCUT2D eigenvalue weighted by molar-refractivity contribution is 5.84. The third-order valence-corrected chi connectivity index (χ3v) is 6.99. The lowest BCUT2D eigenvalue weighted by molar-refractivity contribution is -0.147. The van der Waals surface area contributed by atoms with Crippen molar-refractivity contribution in [1.29, 1.82) is 0 Å². The quantitative estimate of drug-likeness (QED) is 0.443. The number of benzene rings is 2. The number of rotatable bonds is 6. The van der Waals surface area contributed by atoms with Gasteiger partial charge in [0, 0.05) is 36.6 Å². The zero-order valence-corrected chi connectivity index (χ0v) is 18.0. The lowest BCUT2D eigenvalue weighted by atomic mass is 9.91. The molecule has 1 saturated carbocycles. The first-order valence-electron chi connectivity index (χ1n) is 11.2. The van der Waals surface area contributed by atoms with Gasteiger partial charge in [-0.3, -0.25) is 14.7 Å². The van der Waals surface area contributed by atoms with Crippen molar-refractivity contribution in [3.63, 3.8) is 0 Å². The largest absolute Gasteiger partial charge is 0.481 e. The van der Waals surface area contributed by atoms with Gasteiger partial charge in [0.2, 0.25) is 0 Å². The van der Waals surface area contributed by atoms with Gasteiger partial charge in [0.25, 0.3) is 0 Å². The number of hydrogen-bond acceptors (Lipinski definition) is 4. The predicted molar refractivity (Wildman–Crippen MR) is 122 cm³/mol. The van der Waals surface area contributed by atoms with Crippen LogP contribution in [0.25, 0.3) is 22.3 Å². The zero-order valence-electron chi connectivity index (χ0n) is 18.0. The van der Waals surface area contributed by atoms with Crippen molar-refractivity contribution in [2.24, 2.45) is 5.92 Å². The Balaban J connectivity index is 1.25. The third kappa shape index (κ3) is 3.51. The molecule has 1 N–H and O–H groups in total. The Morgan fingerprint density at radius 1 is 1.12 bits per heavy atom. The molecule has 0 radical (unpaired) electrons. The van der Waals surface area contributed by atoms with Gasteiger partial charge in [-0.05, 0) is 60.4 Å². The van der Waals surface area contributed by atoms with E-state index >= 15 is 0 Å². The van der Waals surface area contributed by atoms with E-state index in [1.54, 1.807) is 6.07 Å². The summed E-state index contributed by atoms with van der Waals surface area (Å²) in [5.74, 6) is -0.923. The average Bonchev–Trinajstić information content (AvgIpc) is 3.49. The summed E-state index contributed by atoms with van der Waals surface area (Å²) in [5.41, 5.74) is 4.20. The third-order valence-electron chi connectivity index (χ3n) is 6.99. The number of hydrogen-bond donors (Lipinski definition) is 1. The minimum absolute atomic E-state index is 0.0498. The number of fused-ring (bicyclic) bond motifs is 1. The Hall–Kier alpha value is -3.51. The zero-order chi connectivity index (χ0) is 22.6. The van der Waals surface area contributed by atoms with Crippen LogP contribution in [-0.2, 0) is 16.8 Å². The number of nitrogens with zero attached hydrogens (tertiary/aromatic N) is 2. The molecule has 6 heteroatoms. The minimum Gasteiger partial charge on any atom is -0.481 e. The number of carboxylic acids is 1. The number of carbonyl (C=O) groups is 1. The van der Waals surface area contributed by atoms with E-state index in [0.29, 0.717) is 31.0 Å². The SMILES string of the molecule is O=C(O)C1CN(Cc2ccc(-c3cc4ccc(C5(c6ccccn6)CC5)cc4o3)c(F)c2)C1. The van der Waals surface area contributed by atoms with Gasteiger partial charge in [0.15, 0.2) is 0 Å². The average molecular weight is 442 g/mol. The van der Waals surface area contributed by atoms with Crippen LogP contribution >= 0.6 is 0 Å². The van der Waals surface area contributed by atoms with Crippen molar-refractivity contribution in [1.82, 2.24) is 9.88 Å². The maximum Gasteiger partial charge on any atom is 0.309 e. The van der Waals surface area contributed by atoms with Gasteiger partial charge >= 0.3 is 5.97 Å². The fourth-order valence-corrected chi connectivity index (χ4v) is 4.90. The van der Waals surface area contributed by atoms with Gasteiger partial charge < -0.3 is 9.52 Å². The maximum absolute atomic E-state index is 15.0. The molecule has 4 aromatic rings. The highest BCUT2D eigenvalue weighted by atomic mass is 19.1. The van der Waals surface area contributed by atoms with Crippen molar-refractivity contribution in [3.8, 4) is 11.3 Å². The van der Waals surface area contributed by atoms with Crippen molar-refractivity contribution in [2.45, 2.75) is 24.8 Å². The molecule has 5 nitrogen and oxygen atoms in total. The van der Waals surface area contributed by atoms with E-state index in [2.05, 4.69) is 23.2 Å². The van der Waals surface area contributed by atoms with Gasteiger partial charge in [-0.1, -0.05) is 24.3 Å². The molecule has 1 aliphatic heterocycles. The van der Waals surface area contributed by atoms with Gasteiger partial charge in [-0.25, -0.2) is 4.39 Å². The number of carboxylic acid groups (broad SMARTS) is 1. The Morgan fingerprint density at radius 3 is 2.67 bits per heavy atom. The summed E-state index contributed by atoms with van der Waals surface area (Å²) >= 11 is 0. The Labute approximate surface area is 190 Å². The van der Waals surface area contributed by atoms with Crippen LogP contribution in [0.1, 0.15) is 29.7 Å². The Bertz CT molecular complexity index is 1350. The van der Waals surface area contributed by atoms with Crippen LogP contribution in [0.5, 0.6) is 0 Å². The molecule has 166 valence electrons. The van der Waals surface area contributed by atoms with Crippen LogP contribution in [0.15, 0.2) is 71.3 Å². The monoisotopic (exact) mass is 442 g/mol. The molecular formula is C27H23FN2O3. The second kappa shape index (κ2) is 7.52. The van der Waals surface area contributed by atoms with E-state index in [-0.39, 0.29) is 17.2 Å². The second-order valence-electron chi connectivity index (χ2n) is 9.20. The molecule has 2 aliphatic rings. The molecule has 1 aliphatic carbocycles. The fourth-order valence-electron chi connectivity index (χ4n) is 4.90. The number of aromatic nitrogens is 1. The second-order valence-corrected chi connectivity index (χ2v) is 9.20. The van der Waals surface area contributed by atoms with Gasteiger partial charge in [0.05, 0.1) is 17.2 Å². The van der Waals surface area contributed by atoms with E-state index in [1.165, 1.54) is 11.6 Å². The van der Waals surface area contributed by atoms with Crippen molar-refractivity contribution < 1.29 is 18.7 Å². The van der Waals surface area contributed by atoms with Crippen LogP contribution in [0.2, 0.25) is 0 Å². The molecule has 0 amide bonds. The lowest BCUT2D eigenvalue weighted by Crippen LogP contribution is -2.49. The molecule has 6 rings (SSSR count). The van der Waals surface area contributed by atoms with Crippen molar-refractivity contribution in [2.75, 3.05) is 13.1 Å². The number of aliphatic carboxylic acids is 1. The van der Waals surface area contributed by atoms with E-state index in [0.717, 1.165) is 35.1 Å². The van der Waals surface area contributed by atoms with Crippen LogP contribution < -0.4 is 0 Å². The summed E-state index contributed by atoms with van der Waals surface area (Å²) < 4.78 is 21.1. The summed E-state index contributed by atoms with van der Waals surface area (Å²) in [5, 5.41) is 9.95. The lowest BCUT2D eigenvalue weighted by Gasteiger charge is -2.36. The highest BCUT2D eigenvalue weighted by Gasteiger charge is 2.47. The van der Waals surface area contributed by atoms with Crippen molar-refractivity contribution >= 4 is 16.9 Å². The number of furan rings is 1. The number of halogens is 1. The Morgan fingerprint density at radius 2 is 1.97 bits per heavy atom. The van der Waals surface area contributed by atoms with Crippen LogP contribution in [-0.4, -0.2) is 34.0 Å². The first-order chi connectivity index (χ1) is 16.0. The molecule has 0 atom stereocenters. The van der Waals surface area contributed by atoms with E-state index in [9.17, 15) is 9.18 Å². The van der Waals surface area contributed by atoms with Gasteiger partial charge in [-0.2, -0.15) is 0 Å². The van der Waals surface area contributed by atoms with Crippen molar-refractivity contribution in [3.05, 3.63) is 89.5 Å². The van der Waals surface area contributed by atoms with Crippen LogP contribution in [0.4, 0.5) is 4.39 Å². The van der Waals surface area contributed by atoms with Crippen LogP contribution in [0, 0.1) is 11.7 Å². The first-order valence-corrected chi connectivity index (χ1v) is 11.2. The molecule has 2 fully saturated rings.